The van der Waals surface area contributed by atoms with Crippen LogP contribution >= 0.6 is 35.3 Å². The van der Waals surface area contributed by atoms with E-state index in [4.69, 9.17) is 11.6 Å². The molecule has 2 heterocycles. The van der Waals surface area contributed by atoms with Crippen LogP contribution in [-0.4, -0.2) is 54.3 Å². The number of alkyl halides is 1. The molecule has 0 aromatic carbocycles. The van der Waals surface area contributed by atoms with Crippen LogP contribution in [0.4, 0.5) is 0 Å². The minimum absolute atomic E-state index is 0. The summed E-state index contributed by atoms with van der Waals surface area (Å²) in [6.45, 7) is 4.41. The van der Waals surface area contributed by atoms with Crippen LogP contribution in [0.1, 0.15) is 9.67 Å². The standard InChI is InChI=1S/C11H15ClN2OS.ClH/c12-3-4-13-5-7-14(8-6-13)11(15)10-2-1-9-16-10;/h1-2,9H,3-8H2;1H. The fourth-order valence-corrected chi connectivity index (χ4v) is 2.78. The maximum Gasteiger partial charge on any atom is 0.264 e. The topological polar surface area (TPSA) is 23.6 Å². The molecule has 0 atom stereocenters. The van der Waals surface area contributed by atoms with E-state index in [0.29, 0.717) is 5.88 Å². The molecule has 0 bridgehead atoms. The number of carbonyl (C=O) groups is 1. The summed E-state index contributed by atoms with van der Waals surface area (Å²) in [7, 11) is 0. The molecule has 0 spiro atoms. The molecule has 1 aliphatic heterocycles. The number of nitrogens with zero attached hydrogens (tertiary/aromatic N) is 2. The number of halogens is 2. The van der Waals surface area contributed by atoms with Crippen LogP contribution in [0.5, 0.6) is 0 Å². The van der Waals surface area contributed by atoms with Gasteiger partial charge in [0.25, 0.3) is 5.91 Å². The quantitative estimate of drug-likeness (QED) is 0.798. The minimum Gasteiger partial charge on any atom is -0.335 e. The Morgan fingerprint density at radius 1 is 1.35 bits per heavy atom. The van der Waals surface area contributed by atoms with E-state index in [9.17, 15) is 4.79 Å². The summed E-state index contributed by atoms with van der Waals surface area (Å²) < 4.78 is 0. The third-order valence-corrected chi connectivity index (χ3v) is 3.82. The lowest BCUT2D eigenvalue weighted by Crippen LogP contribution is -2.48. The number of rotatable bonds is 3. The van der Waals surface area contributed by atoms with Crippen LogP contribution in [0.2, 0.25) is 0 Å². The van der Waals surface area contributed by atoms with Crippen molar-refractivity contribution in [2.75, 3.05) is 38.6 Å². The summed E-state index contributed by atoms with van der Waals surface area (Å²) >= 11 is 7.20. The summed E-state index contributed by atoms with van der Waals surface area (Å²) in [5, 5.41) is 1.94. The van der Waals surface area contributed by atoms with E-state index in [0.717, 1.165) is 37.6 Å². The third kappa shape index (κ3) is 3.85. The highest BCUT2D eigenvalue weighted by Gasteiger charge is 2.21. The van der Waals surface area contributed by atoms with Crippen LogP contribution in [0.15, 0.2) is 17.5 Å². The second-order valence-corrected chi connectivity index (χ2v) is 5.13. The molecule has 96 valence electrons. The van der Waals surface area contributed by atoms with Crippen molar-refractivity contribution >= 4 is 41.3 Å². The van der Waals surface area contributed by atoms with Gasteiger partial charge in [-0.25, -0.2) is 0 Å². The zero-order valence-electron chi connectivity index (χ0n) is 9.47. The molecule has 0 N–H and O–H groups in total. The molecule has 0 saturated carbocycles. The van der Waals surface area contributed by atoms with Crippen molar-refractivity contribution < 1.29 is 4.79 Å². The Balaban J connectivity index is 0.00000144. The molecular formula is C11H16Cl2N2OS. The van der Waals surface area contributed by atoms with Gasteiger partial charge in [-0.2, -0.15) is 0 Å². The van der Waals surface area contributed by atoms with Crippen molar-refractivity contribution in [3.05, 3.63) is 22.4 Å². The van der Waals surface area contributed by atoms with Gasteiger partial charge in [0, 0.05) is 38.6 Å². The van der Waals surface area contributed by atoms with Crippen LogP contribution in [-0.2, 0) is 0 Å². The lowest BCUT2D eigenvalue weighted by atomic mass is 10.3. The molecule has 1 saturated heterocycles. The van der Waals surface area contributed by atoms with Gasteiger partial charge >= 0.3 is 0 Å². The van der Waals surface area contributed by atoms with Gasteiger partial charge < -0.3 is 4.90 Å². The number of carbonyl (C=O) groups excluding carboxylic acids is 1. The molecule has 0 aliphatic carbocycles. The van der Waals surface area contributed by atoms with E-state index in [1.54, 1.807) is 0 Å². The Labute approximate surface area is 117 Å². The van der Waals surface area contributed by atoms with E-state index >= 15 is 0 Å². The van der Waals surface area contributed by atoms with E-state index in [2.05, 4.69) is 4.90 Å². The average molecular weight is 295 g/mol. The van der Waals surface area contributed by atoms with E-state index in [1.165, 1.54) is 11.3 Å². The van der Waals surface area contributed by atoms with Crippen LogP contribution in [0, 0.1) is 0 Å². The first-order chi connectivity index (χ1) is 7.81. The van der Waals surface area contributed by atoms with Gasteiger partial charge in [-0.05, 0) is 11.4 Å². The minimum atomic E-state index is 0. The fraction of sp³-hybridized carbons (Fsp3) is 0.545. The van der Waals surface area contributed by atoms with Crippen LogP contribution in [0.25, 0.3) is 0 Å². The number of piperazine rings is 1. The van der Waals surface area contributed by atoms with E-state index in [-0.39, 0.29) is 18.3 Å². The first-order valence-corrected chi connectivity index (χ1v) is 6.84. The van der Waals surface area contributed by atoms with Crippen LogP contribution < -0.4 is 0 Å². The van der Waals surface area contributed by atoms with Crippen molar-refractivity contribution in [2.45, 2.75) is 0 Å². The molecule has 1 aromatic rings. The highest BCUT2D eigenvalue weighted by molar-refractivity contribution is 7.12. The van der Waals surface area contributed by atoms with Crippen molar-refractivity contribution in [3.63, 3.8) is 0 Å². The lowest BCUT2D eigenvalue weighted by Gasteiger charge is -2.34. The number of hydrogen-bond acceptors (Lipinski definition) is 3. The summed E-state index contributed by atoms with van der Waals surface area (Å²) in [6, 6.07) is 3.81. The summed E-state index contributed by atoms with van der Waals surface area (Å²) in [5.74, 6) is 0.833. The van der Waals surface area contributed by atoms with Crippen molar-refractivity contribution in [2.24, 2.45) is 0 Å². The molecule has 0 unspecified atom stereocenters. The predicted octanol–water partition coefficient (Wildman–Crippen LogP) is 2.17. The Morgan fingerprint density at radius 2 is 2.06 bits per heavy atom. The van der Waals surface area contributed by atoms with Gasteiger partial charge in [0.1, 0.15) is 0 Å². The second-order valence-electron chi connectivity index (χ2n) is 3.80. The van der Waals surface area contributed by atoms with E-state index < -0.39 is 0 Å². The molecule has 1 amide bonds. The van der Waals surface area contributed by atoms with Gasteiger partial charge in [-0.1, -0.05) is 6.07 Å². The third-order valence-electron chi connectivity index (χ3n) is 2.79. The Bertz CT molecular complexity index is 337. The Kier molecular flexibility index (Phi) is 6.27. The maximum atomic E-state index is 12.0. The largest absolute Gasteiger partial charge is 0.335 e. The normalized spacial score (nSPS) is 16.6. The molecular weight excluding hydrogens is 279 g/mol. The Hall–Kier alpha value is -0.290. The number of amides is 1. The van der Waals surface area contributed by atoms with Gasteiger partial charge in [-0.3, -0.25) is 9.69 Å². The number of hydrogen-bond donors (Lipinski definition) is 0. The van der Waals surface area contributed by atoms with Gasteiger partial charge in [0.15, 0.2) is 0 Å². The first-order valence-electron chi connectivity index (χ1n) is 5.42. The zero-order valence-corrected chi connectivity index (χ0v) is 11.9. The van der Waals surface area contributed by atoms with Crippen molar-refractivity contribution in [1.29, 1.82) is 0 Å². The highest BCUT2D eigenvalue weighted by Crippen LogP contribution is 2.13. The first kappa shape index (κ1) is 14.8. The average Bonchev–Trinajstić information content (AvgIpc) is 2.83. The summed E-state index contributed by atoms with van der Waals surface area (Å²) in [6.07, 6.45) is 0. The molecule has 1 aliphatic rings. The molecule has 6 heteroatoms. The smallest absolute Gasteiger partial charge is 0.264 e. The van der Waals surface area contributed by atoms with Gasteiger partial charge in [0.05, 0.1) is 4.88 Å². The SMILES string of the molecule is Cl.O=C(c1cccs1)N1CCN(CCCl)CC1. The summed E-state index contributed by atoms with van der Waals surface area (Å²) in [5.41, 5.74) is 0. The Morgan fingerprint density at radius 3 is 2.59 bits per heavy atom. The summed E-state index contributed by atoms with van der Waals surface area (Å²) in [4.78, 5) is 17.1. The maximum absolute atomic E-state index is 12.0. The zero-order chi connectivity index (χ0) is 11.4. The monoisotopic (exact) mass is 294 g/mol. The van der Waals surface area contributed by atoms with E-state index in [1.807, 2.05) is 22.4 Å². The number of thiophene rings is 1. The predicted molar refractivity (Wildman–Crippen MR) is 74.6 cm³/mol. The molecule has 3 nitrogen and oxygen atoms in total. The molecule has 2 rings (SSSR count). The second kappa shape index (κ2) is 7.21. The van der Waals surface area contributed by atoms with Gasteiger partial charge in [-0.15, -0.1) is 35.3 Å². The fourth-order valence-electron chi connectivity index (χ4n) is 1.85. The molecule has 1 aromatic heterocycles. The lowest BCUT2D eigenvalue weighted by molar-refractivity contribution is 0.0649. The van der Waals surface area contributed by atoms with Crippen LogP contribution in [0.3, 0.4) is 0 Å². The van der Waals surface area contributed by atoms with Gasteiger partial charge in [0.2, 0.25) is 0 Å². The molecule has 17 heavy (non-hydrogen) atoms. The van der Waals surface area contributed by atoms with Crippen molar-refractivity contribution in [3.8, 4) is 0 Å². The molecule has 0 radical (unpaired) electrons. The van der Waals surface area contributed by atoms with Crippen molar-refractivity contribution in [1.82, 2.24) is 9.80 Å². The highest BCUT2D eigenvalue weighted by atomic mass is 35.5. The molecule has 1 fully saturated rings.